The van der Waals surface area contributed by atoms with E-state index >= 15 is 0 Å². The molecule has 1 amide bonds. The number of piperidine rings is 1. The Morgan fingerprint density at radius 3 is 2.82 bits per heavy atom. The van der Waals surface area contributed by atoms with Crippen molar-refractivity contribution in [3.63, 3.8) is 0 Å². The van der Waals surface area contributed by atoms with Crippen LogP contribution in [0.15, 0.2) is 23.0 Å². The number of fused-ring (bicyclic) bond motifs is 4. The van der Waals surface area contributed by atoms with Crippen LogP contribution in [-0.4, -0.2) is 34.5 Å². The highest BCUT2D eigenvalue weighted by Gasteiger charge is 2.37. The minimum atomic E-state index is -0.406. The monoisotopic (exact) mass is 303 g/mol. The molecular formula is C17H25N3O2. The Kier molecular flexibility index (Phi) is 4.08. The summed E-state index contributed by atoms with van der Waals surface area (Å²) in [5.41, 5.74) is 7.21. The summed E-state index contributed by atoms with van der Waals surface area (Å²) in [7, 11) is 0. The molecule has 5 nitrogen and oxygen atoms in total. The lowest BCUT2D eigenvalue weighted by molar-refractivity contribution is -0.135. The van der Waals surface area contributed by atoms with Crippen LogP contribution in [0.5, 0.6) is 0 Å². The molecule has 3 heterocycles. The van der Waals surface area contributed by atoms with Crippen LogP contribution in [-0.2, 0) is 11.3 Å². The molecule has 2 bridgehead atoms. The van der Waals surface area contributed by atoms with E-state index in [4.69, 9.17) is 5.73 Å². The molecule has 3 rings (SSSR count). The summed E-state index contributed by atoms with van der Waals surface area (Å²) >= 11 is 0. The summed E-state index contributed by atoms with van der Waals surface area (Å²) in [6.07, 6.45) is 1.79. The van der Waals surface area contributed by atoms with Gasteiger partial charge in [-0.3, -0.25) is 9.59 Å². The van der Waals surface area contributed by atoms with Crippen molar-refractivity contribution in [3.8, 4) is 0 Å². The number of aromatic nitrogens is 1. The topological polar surface area (TPSA) is 68.3 Å². The van der Waals surface area contributed by atoms with Gasteiger partial charge in [-0.2, -0.15) is 0 Å². The molecule has 1 aromatic heterocycles. The van der Waals surface area contributed by atoms with E-state index in [1.165, 1.54) is 0 Å². The summed E-state index contributed by atoms with van der Waals surface area (Å²) in [5.74, 6) is 1.11. The minimum absolute atomic E-state index is 0.0649. The van der Waals surface area contributed by atoms with Gasteiger partial charge in [0, 0.05) is 37.3 Å². The van der Waals surface area contributed by atoms with E-state index in [-0.39, 0.29) is 17.4 Å². The molecule has 1 fully saturated rings. The first-order chi connectivity index (χ1) is 10.5. The lowest BCUT2D eigenvalue weighted by Crippen LogP contribution is -2.53. The van der Waals surface area contributed by atoms with Crippen LogP contribution in [0.2, 0.25) is 0 Å². The molecule has 1 aromatic rings. The smallest absolute Gasteiger partial charge is 0.250 e. The van der Waals surface area contributed by atoms with Crippen molar-refractivity contribution < 1.29 is 4.79 Å². The summed E-state index contributed by atoms with van der Waals surface area (Å²) < 4.78 is 1.88. The molecule has 2 aliphatic heterocycles. The lowest BCUT2D eigenvalue weighted by atomic mass is 9.83. The minimum Gasteiger partial charge on any atom is -0.340 e. The Balaban J connectivity index is 1.79. The molecule has 120 valence electrons. The quantitative estimate of drug-likeness (QED) is 0.911. The molecule has 5 heteroatoms. The van der Waals surface area contributed by atoms with Crippen molar-refractivity contribution in [2.75, 3.05) is 13.1 Å². The summed E-state index contributed by atoms with van der Waals surface area (Å²) in [6, 6.07) is 5.05. The molecule has 2 aliphatic rings. The summed E-state index contributed by atoms with van der Waals surface area (Å²) in [5, 5.41) is 0. The third-order valence-electron chi connectivity index (χ3n) is 4.83. The van der Waals surface area contributed by atoms with E-state index in [1.807, 2.05) is 21.6 Å². The highest BCUT2D eigenvalue weighted by Crippen LogP contribution is 2.35. The second-order valence-electron chi connectivity index (χ2n) is 7.18. The molecular weight excluding hydrogens is 278 g/mol. The average Bonchev–Trinajstić information content (AvgIpc) is 2.46. The number of pyridine rings is 1. The third-order valence-corrected chi connectivity index (χ3v) is 4.83. The van der Waals surface area contributed by atoms with Gasteiger partial charge in [0.1, 0.15) is 0 Å². The first kappa shape index (κ1) is 15.3. The summed E-state index contributed by atoms with van der Waals surface area (Å²) in [4.78, 5) is 26.5. The van der Waals surface area contributed by atoms with Crippen molar-refractivity contribution in [1.29, 1.82) is 0 Å². The van der Waals surface area contributed by atoms with Gasteiger partial charge >= 0.3 is 0 Å². The number of likely N-dealkylation sites (tertiary alicyclic amines) is 1. The number of carbonyl (C=O) groups excluding carboxylic acids is 1. The van der Waals surface area contributed by atoms with Crippen LogP contribution >= 0.6 is 0 Å². The van der Waals surface area contributed by atoms with Gasteiger partial charge in [-0.25, -0.2) is 0 Å². The van der Waals surface area contributed by atoms with Crippen LogP contribution in [0.4, 0.5) is 0 Å². The van der Waals surface area contributed by atoms with Gasteiger partial charge in [0.2, 0.25) is 5.91 Å². The fourth-order valence-corrected chi connectivity index (χ4v) is 3.92. The molecule has 1 saturated heterocycles. The Labute approximate surface area is 131 Å². The second kappa shape index (κ2) is 5.88. The van der Waals surface area contributed by atoms with E-state index in [1.54, 1.807) is 6.07 Å². The number of carbonyl (C=O) groups is 1. The van der Waals surface area contributed by atoms with Gasteiger partial charge in [0.25, 0.3) is 5.56 Å². The molecule has 0 aliphatic carbocycles. The van der Waals surface area contributed by atoms with Gasteiger partial charge in [-0.05, 0) is 30.7 Å². The van der Waals surface area contributed by atoms with E-state index in [0.29, 0.717) is 24.9 Å². The maximum atomic E-state index is 12.6. The Hall–Kier alpha value is -1.62. The van der Waals surface area contributed by atoms with Crippen molar-refractivity contribution in [3.05, 3.63) is 34.2 Å². The zero-order valence-electron chi connectivity index (χ0n) is 13.4. The van der Waals surface area contributed by atoms with Crippen molar-refractivity contribution >= 4 is 5.91 Å². The van der Waals surface area contributed by atoms with Gasteiger partial charge in [0.05, 0.1) is 6.04 Å². The molecule has 0 aromatic carbocycles. The number of rotatable bonds is 3. The first-order valence-electron chi connectivity index (χ1n) is 8.19. The van der Waals surface area contributed by atoms with Crippen LogP contribution in [0.25, 0.3) is 0 Å². The third kappa shape index (κ3) is 2.82. The standard InChI is InChI=1S/C17H25N3O2/c1-11(2)6-14(18)17(22)19-8-12-7-13(10-19)15-4-3-5-16(21)20(15)9-12/h3-5,11-14H,6-10,18H2,1-2H3/t12?,13?,14-/m0/s1. The predicted molar refractivity (Wildman–Crippen MR) is 85.6 cm³/mol. The number of nitrogens with two attached hydrogens (primary N) is 1. The second-order valence-corrected chi connectivity index (χ2v) is 7.18. The molecule has 0 spiro atoms. The Morgan fingerprint density at radius 1 is 1.32 bits per heavy atom. The predicted octanol–water partition coefficient (Wildman–Crippen LogP) is 1.17. The van der Waals surface area contributed by atoms with Crippen LogP contribution < -0.4 is 11.3 Å². The number of hydrogen-bond donors (Lipinski definition) is 1. The summed E-state index contributed by atoms with van der Waals surface area (Å²) in [6.45, 7) is 6.29. The molecule has 2 unspecified atom stereocenters. The largest absolute Gasteiger partial charge is 0.340 e. The maximum Gasteiger partial charge on any atom is 0.250 e. The van der Waals surface area contributed by atoms with E-state index in [9.17, 15) is 9.59 Å². The van der Waals surface area contributed by atoms with Gasteiger partial charge in [-0.15, -0.1) is 0 Å². The number of amides is 1. The average molecular weight is 303 g/mol. The first-order valence-corrected chi connectivity index (χ1v) is 8.19. The van der Waals surface area contributed by atoms with Crippen LogP contribution in [0.1, 0.15) is 38.3 Å². The number of hydrogen-bond acceptors (Lipinski definition) is 3. The molecule has 3 atom stereocenters. The molecule has 0 radical (unpaired) electrons. The molecule has 22 heavy (non-hydrogen) atoms. The highest BCUT2D eigenvalue weighted by atomic mass is 16.2. The molecule has 0 saturated carbocycles. The van der Waals surface area contributed by atoms with Gasteiger partial charge < -0.3 is 15.2 Å². The van der Waals surface area contributed by atoms with Crippen molar-refractivity contribution in [1.82, 2.24) is 9.47 Å². The molecule has 2 N–H and O–H groups in total. The van der Waals surface area contributed by atoms with Crippen LogP contribution in [0, 0.1) is 11.8 Å². The SMILES string of the molecule is CC(C)C[C@H](N)C(=O)N1CC2CC(C1)c1cccc(=O)n1C2. The number of nitrogens with zero attached hydrogens (tertiary/aromatic N) is 2. The maximum absolute atomic E-state index is 12.6. The van der Waals surface area contributed by atoms with Crippen LogP contribution in [0.3, 0.4) is 0 Å². The fraction of sp³-hybridized carbons (Fsp3) is 0.647. The van der Waals surface area contributed by atoms with E-state index in [0.717, 1.165) is 25.1 Å². The van der Waals surface area contributed by atoms with E-state index < -0.39 is 6.04 Å². The van der Waals surface area contributed by atoms with E-state index in [2.05, 4.69) is 13.8 Å². The normalized spacial score (nSPS) is 25.0. The zero-order valence-corrected chi connectivity index (χ0v) is 13.4. The lowest BCUT2D eigenvalue weighted by Gasteiger charge is -2.43. The zero-order chi connectivity index (χ0) is 15.9. The highest BCUT2D eigenvalue weighted by molar-refractivity contribution is 5.81. The van der Waals surface area contributed by atoms with Gasteiger partial charge in [0.15, 0.2) is 0 Å². The Bertz CT molecular complexity index is 623. The fourth-order valence-electron chi connectivity index (χ4n) is 3.92. The van der Waals surface area contributed by atoms with Crippen molar-refractivity contribution in [2.45, 2.75) is 45.2 Å². The Morgan fingerprint density at radius 2 is 2.09 bits per heavy atom. The van der Waals surface area contributed by atoms with Gasteiger partial charge in [-0.1, -0.05) is 19.9 Å². The van der Waals surface area contributed by atoms with Crippen molar-refractivity contribution in [2.24, 2.45) is 17.6 Å².